The van der Waals surface area contributed by atoms with E-state index in [1.807, 2.05) is 0 Å². The molecular weight excluding hydrogens is 504 g/mol. The van der Waals surface area contributed by atoms with Gasteiger partial charge in [0.1, 0.15) is 18.4 Å². The number of rotatable bonds is 8. The molecule has 2 amide bonds. The van der Waals surface area contributed by atoms with E-state index in [1.54, 1.807) is 39.0 Å². The van der Waals surface area contributed by atoms with Crippen molar-refractivity contribution in [3.8, 4) is 0 Å². The zero-order valence-corrected chi connectivity index (χ0v) is 21.9. The van der Waals surface area contributed by atoms with Crippen LogP contribution in [0.1, 0.15) is 33.3 Å². The summed E-state index contributed by atoms with van der Waals surface area (Å²) in [6, 6.07) is 8.59. The van der Waals surface area contributed by atoms with Crippen molar-refractivity contribution in [2.24, 2.45) is 0 Å². The summed E-state index contributed by atoms with van der Waals surface area (Å²) >= 11 is 12.6. The van der Waals surface area contributed by atoms with Crippen LogP contribution in [0.5, 0.6) is 0 Å². The highest BCUT2D eigenvalue weighted by Gasteiger charge is 2.32. The second-order valence-electron chi connectivity index (χ2n) is 8.88. The zero-order valence-electron chi connectivity index (χ0n) is 19.6. The first-order chi connectivity index (χ1) is 15.6. The van der Waals surface area contributed by atoms with Crippen LogP contribution in [0, 0.1) is 5.82 Å². The molecule has 1 atom stereocenters. The number of sulfonamides is 1. The quantitative estimate of drug-likeness (QED) is 0.552. The Morgan fingerprint density at radius 2 is 1.59 bits per heavy atom. The van der Waals surface area contributed by atoms with E-state index in [-0.39, 0.29) is 12.2 Å². The number of nitrogens with zero attached hydrogens (tertiary/aromatic N) is 2. The molecule has 0 saturated carbocycles. The molecule has 0 aliphatic carbocycles. The van der Waals surface area contributed by atoms with Gasteiger partial charge in [-0.25, -0.2) is 12.8 Å². The van der Waals surface area contributed by atoms with Crippen molar-refractivity contribution in [2.45, 2.75) is 45.8 Å². The number of benzene rings is 2. The van der Waals surface area contributed by atoms with Crippen LogP contribution in [-0.2, 0) is 26.2 Å². The van der Waals surface area contributed by atoms with Gasteiger partial charge in [0.15, 0.2) is 0 Å². The lowest BCUT2D eigenvalue weighted by Crippen LogP contribution is -2.54. The van der Waals surface area contributed by atoms with Gasteiger partial charge in [0.2, 0.25) is 21.8 Å². The molecule has 1 unspecified atom stereocenters. The molecule has 186 valence electrons. The molecular formula is C23H28Cl2FN3O4S. The Labute approximate surface area is 209 Å². The van der Waals surface area contributed by atoms with Gasteiger partial charge >= 0.3 is 0 Å². The molecule has 2 aromatic rings. The number of carbonyl (C=O) groups excluding carboxylic acids is 2. The lowest BCUT2D eigenvalue weighted by Gasteiger charge is -2.33. The molecule has 7 nitrogen and oxygen atoms in total. The number of anilines is 1. The molecule has 11 heteroatoms. The number of amides is 2. The molecule has 0 saturated heterocycles. The lowest BCUT2D eigenvalue weighted by atomic mass is 10.1. The highest BCUT2D eigenvalue weighted by Crippen LogP contribution is 2.27. The second-order valence-corrected chi connectivity index (χ2v) is 11.6. The predicted octanol–water partition coefficient (Wildman–Crippen LogP) is 4.23. The molecule has 0 aliphatic rings. The number of hydrogen-bond donors (Lipinski definition) is 1. The topological polar surface area (TPSA) is 86.8 Å². The number of carbonyl (C=O) groups is 2. The monoisotopic (exact) mass is 531 g/mol. The average molecular weight is 532 g/mol. The number of hydrogen-bond acceptors (Lipinski definition) is 4. The summed E-state index contributed by atoms with van der Waals surface area (Å²) in [4.78, 5) is 27.6. The first-order valence-corrected chi connectivity index (χ1v) is 13.0. The Morgan fingerprint density at radius 1 is 1.06 bits per heavy atom. The van der Waals surface area contributed by atoms with Crippen LogP contribution in [0.15, 0.2) is 42.5 Å². The summed E-state index contributed by atoms with van der Waals surface area (Å²) < 4.78 is 39.2. The summed E-state index contributed by atoms with van der Waals surface area (Å²) in [5.74, 6) is -1.65. The van der Waals surface area contributed by atoms with Gasteiger partial charge in [-0.3, -0.25) is 13.9 Å². The van der Waals surface area contributed by atoms with E-state index in [4.69, 9.17) is 23.2 Å². The maximum Gasteiger partial charge on any atom is 0.244 e. The van der Waals surface area contributed by atoms with Crippen molar-refractivity contribution >= 4 is 50.7 Å². The maximum atomic E-state index is 13.5. The fraction of sp³-hybridized carbons (Fsp3) is 0.391. The Kier molecular flexibility index (Phi) is 8.96. The standard InChI is InChI=1S/C23H28Cl2FN3O4S/c1-15(22(31)27-23(2,3)4)28(13-18-19(24)7-6-8-20(18)25)21(30)14-29(34(5,32)33)17-11-9-16(26)10-12-17/h6-12,15H,13-14H2,1-5H3,(H,27,31). The van der Waals surface area contributed by atoms with E-state index in [9.17, 15) is 22.4 Å². The molecule has 34 heavy (non-hydrogen) atoms. The highest BCUT2D eigenvalue weighted by atomic mass is 35.5. The Morgan fingerprint density at radius 3 is 2.06 bits per heavy atom. The molecule has 0 spiro atoms. The number of halogens is 3. The average Bonchev–Trinajstić information content (AvgIpc) is 2.70. The van der Waals surface area contributed by atoms with Crippen molar-refractivity contribution < 1.29 is 22.4 Å². The predicted molar refractivity (Wildman–Crippen MR) is 133 cm³/mol. The molecule has 0 bridgehead atoms. The molecule has 0 aromatic heterocycles. The third-order valence-electron chi connectivity index (χ3n) is 4.85. The first kappa shape index (κ1) is 27.9. The fourth-order valence-corrected chi connectivity index (χ4v) is 4.50. The second kappa shape index (κ2) is 10.9. The summed E-state index contributed by atoms with van der Waals surface area (Å²) in [5.41, 5.74) is -0.0308. The van der Waals surface area contributed by atoms with Crippen molar-refractivity contribution in [2.75, 3.05) is 17.1 Å². The molecule has 0 radical (unpaired) electrons. The third kappa shape index (κ3) is 7.58. The minimum absolute atomic E-state index is 0.111. The normalized spacial score (nSPS) is 12.7. The zero-order chi connectivity index (χ0) is 25.8. The highest BCUT2D eigenvalue weighted by molar-refractivity contribution is 7.92. The molecule has 1 N–H and O–H groups in total. The number of nitrogens with one attached hydrogen (secondary N) is 1. The molecule has 0 fully saturated rings. The van der Waals surface area contributed by atoms with Crippen LogP contribution in [0.25, 0.3) is 0 Å². The van der Waals surface area contributed by atoms with E-state index in [2.05, 4.69) is 5.32 Å². The SMILES string of the molecule is CC(C(=O)NC(C)(C)C)N(Cc1c(Cl)cccc1Cl)C(=O)CN(c1ccc(F)cc1)S(C)(=O)=O. The lowest BCUT2D eigenvalue weighted by molar-refractivity contribution is -0.140. The fourth-order valence-electron chi connectivity index (χ4n) is 3.13. The van der Waals surface area contributed by atoms with Gasteiger partial charge in [-0.1, -0.05) is 29.3 Å². The van der Waals surface area contributed by atoms with E-state index in [1.165, 1.54) is 24.0 Å². The largest absolute Gasteiger partial charge is 0.350 e. The van der Waals surface area contributed by atoms with Crippen molar-refractivity contribution in [3.63, 3.8) is 0 Å². The van der Waals surface area contributed by atoms with Crippen molar-refractivity contribution in [1.82, 2.24) is 10.2 Å². The Balaban J connectivity index is 2.46. The van der Waals surface area contributed by atoms with Crippen LogP contribution in [0.2, 0.25) is 10.0 Å². The van der Waals surface area contributed by atoms with Gasteiger partial charge in [0.25, 0.3) is 0 Å². The van der Waals surface area contributed by atoms with Gasteiger partial charge in [-0.2, -0.15) is 0 Å². The van der Waals surface area contributed by atoms with E-state index < -0.39 is 45.8 Å². The molecule has 0 aliphatic heterocycles. The van der Waals surface area contributed by atoms with E-state index >= 15 is 0 Å². The van der Waals surface area contributed by atoms with Crippen LogP contribution >= 0.6 is 23.2 Å². The Bertz CT molecular complexity index is 1130. The van der Waals surface area contributed by atoms with Crippen LogP contribution in [-0.4, -0.2) is 49.5 Å². The van der Waals surface area contributed by atoms with E-state index in [0.717, 1.165) is 22.7 Å². The van der Waals surface area contributed by atoms with Gasteiger partial charge in [-0.05, 0) is 64.1 Å². The summed E-state index contributed by atoms with van der Waals surface area (Å²) in [6.07, 6.45) is 0.939. The molecule has 2 rings (SSSR count). The van der Waals surface area contributed by atoms with Crippen LogP contribution in [0.4, 0.5) is 10.1 Å². The van der Waals surface area contributed by atoms with Crippen molar-refractivity contribution in [3.05, 3.63) is 63.9 Å². The van der Waals surface area contributed by atoms with E-state index in [0.29, 0.717) is 15.6 Å². The van der Waals surface area contributed by atoms with Crippen LogP contribution in [0.3, 0.4) is 0 Å². The van der Waals surface area contributed by atoms with Gasteiger partial charge < -0.3 is 10.2 Å². The van der Waals surface area contributed by atoms with Gasteiger partial charge in [0, 0.05) is 27.7 Å². The smallest absolute Gasteiger partial charge is 0.244 e. The molecule has 0 heterocycles. The molecule has 2 aromatic carbocycles. The summed E-state index contributed by atoms with van der Waals surface area (Å²) in [5, 5.41) is 3.42. The maximum absolute atomic E-state index is 13.5. The van der Waals surface area contributed by atoms with Crippen LogP contribution < -0.4 is 9.62 Å². The first-order valence-electron chi connectivity index (χ1n) is 10.4. The van der Waals surface area contributed by atoms with Gasteiger partial charge in [0.05, 0.1) is 11.9 Å². The minimum Gasteiger partial charge on any atom is -0.350 e. The minimum atomic E-state index is -3.91. The third-order valence-corrected chi connectivity index (χ3v) is 6.70. The van der Waals surface area contributed by atoms with Gasteiger partial charge in [-0.15, -0.1) is 0 Å². The summed E-state index contributed by atoms with van der Waals surface area (Å²) in [6.45, 7) is 6.20. The van der Waals surface area contributed by atoms with Crippen molar-refractivity contribution in [1.29, 1.82) is 0 Å². The Hall–Kier alpha value is -2.36. The summed E-state index contributed by atoms with van der Waals surface area (Å²) in [7, 11) is -3.91.